The Balaban J connectivity index is 0.00000264. The number of nitrogens with one attached hydrogen (secondary N) is 1. The first-order chi connectivity index (χ1) is 10.2. The molecule has 7 heteroatoms. The van der Waals surface area contributed by atoms with Gasteiger partial charge in [-0.2, -0.15) is 0 Å². The molecule has 0 saturated carbocycles. The normalized spacial score (nSPS) is 12.0. The summed E-state index contributed by atoms with van der Waals surface area (Å²) in [4.78, 5) is 4.34. The van der Waals surface area contributed by atoms with Crippen molar-refractivity contribution >= 4 is 47.0 Å². The Morgan fingerprint density at radius 2 is 1.78 bits per heavy atom. The van der Waals surface area contributed by atoms with Crippen LogP contribution >= 0.6 is 35.3 Å². The van der Waals surface area contributed by atoms with Gasteiger partial charge in [0, 0.05) is 11.1 Å². The van der Waals surface area contributed by atoms with Crippen LogP contribution in [0.1, 0.15) is 41.9 Å². The second-order valence-electron chi connectivity index (χ2n) is 6.45. The van der Waals surface area contributed by atoms with Crippen LogP contribution in [0.25, 0.3) is 0 Å². The van der Waals surface area contributed by atoms with Crippen LogP contribution in [0.4, 0.5) is 5.69 Å². The average molecular weight is 445 g/mol. The quantitative estimate of drug-likeness (QED) is 0.426. The van der Waals surface area contributed by atoms with Crippen LogP contribution in [0.3, 0.4) is 0 Å². The van der Waals surface area contributed by atoms with E-state index in [-0.39, 0.29) is 29.4 Å². The zero-order valence-corrected chi connectivity index (χ0v) is 17.3. The fourth-order valence-corrected chi connectivity index (χ4v) is 2.83. The van der Waals surface area contributed by atoms with Gasteiger partial charge in [-0.05, 0) is 37.1 Å². The van der Waals surface area contributed by atoms with Gasteiger partial charge in [-0.25, -0.2) is 4.99 Å². The van der Waals surface area contributed by atoms with Crippen molar-refractivity contribution < 1.29 is 0 Å². The first kappa shape index (κ1) is 19.8. The van der Waals surface area contributed by atoms with Gasteiger partial charge in [0.15, 0.2) is 5.96 Å². The molecule has 0 atom stereocenters. The molecule has 0 aliphatic rings. The molecule has 0 saturated heterocycles. The van der Waals surface area contributed by atoms with E-state index in [1.165, 1.54) is 11.1 Å². The van der Waals surface area contributed by atoms with E-state index in [2.05, 4.69) is 61.2 Å². The van der Waals surface area contributed by atoms with Gasteiger partial charge in [0.1, 0.15) is 10.0 Å². The minimum atomic E-state index is 0. The molecular formula is C16H24IN5S. The standard InChI is InChI=1S/C16H23N5S.HI/c1-10-6-11(2)8-12(7-10)19-15(17)18-9-13-20-21-14(22-13)16(3,4)5;/h6-8H,9H2,1-5H3,(H3,17,18,19);1H. The van der Waals surface area contributed by atoms with E-state index in [1.54, 1.807) is 11.3 Å². The van der Waals surface area contributed by atoms with Crippen molar-refractivity contribution in [3.8, 4) is 0 Å². The van der Waals surface area contributed by atoms with Crippen LogP contribution in [-0.2, 0) is 12.0 Å². The monoisotopic (exact) mass is 445 g/mol. The van der Waals surface area contributed by atoms with E-state index in [0.29, 0.717) is 12.5 Å². The third kappa shape index (κ3) is 6.06. The van der Waals surface area contributed by atoms with Crippen LogP contribution in [-0.4, -0.2) is 16.2 Å². The summed E-state index contributed by atoms with van der Waals surface area (Å²) in [6, 6.07) is 6.20. The van der Waals surface area contributed by atoms with Crippen molar-refractivity contribution in [3.05, 3.63) is 39.3 Å². The van der Waals surface area contributed by atoms with Gasteiger partial charge in [-0.15, -0.1) is 34.2 Å². The summed E-state index contributed by atoms with van der Waals surface area (Å²) in [6.07, 6.45) is 0. The summed E-state index contributed by atoms with van der Waals surface area (Å²) >= 11 is 1.58. The molecule has 23 heavy (non-hydrogen) atoms. The Bertz CT molecular complexity index is 668. The molecule has 0 aliphatic heterocycles. The van der Waals surface area contributed by atoms with Gasteiger partial charge < -0.3 is 11.1 Å². The van der Waals surface area contributed by atoms with Gasteiger partial charge in [-0.1, -0.05) is 38.2 Å². The minimum absolute atomic E-state index is 0. The molecule has 0 fully saturated rings. The molecule has 1 heterocycles. The van der Waals surface area contributed by atoms with Crippen molar-refractivity contribution in [2.75, 3.05) is 5.32 Å². The van der Waals surface area contributed by atoms with Crippen LogP contribution < -0.4 is 11.1 Å². The number of hydrogen-bond donors (Lipinski definition) is 2. The molecule has 0 bridgehead atoms. The minimum Gasteiger partial charge on any atom is -0.370 e. The van der Waals surface area contributed by atoms with Gasteiger partial charge in [0.25, 0.3) is 0 Å². The number of aliphatic imine (C=N–C) groups is 1. The summed E-state index contributed by atoms with van der Waals surface area (Å²) < 4.78 is 0. The maximum absolute atomic E-state index is 5.94. The highest BCUT2D eigenvalue weighted by molar-refractivity contribution is 14.0. The predicted octanol–water partition coefficient (Wildman–Crippen LogP) is 4.00. The Hall–Kier alpha value is -1.22. The number of hydrogen-bond acceptors (Lipinski definition) is 4. The average Bonchev–Trinajstić information content (AvgIpc) is 2.83. The van der Waals surface area contributed by atoms with Gasteiger partial charge in [0.2, 0.25) is 0 Å². The van der Waals surface area contributed by atoms with E-state index in [1.807, 2.05) is 12.1 Å². The van der Waals surface area contributed by atoms with Gasteiger partial charge in [0.05, 0.1) is 6.54 Å². The Morgan fingerprint density at radius 1 is 1.17 bits per heavy atom. The van der Waals surface area contributed by atoms with Crippen molar-refractivity contribution in [2.24, 2.45) is 10.7 Å². The van der Waals surface area contributed by atoms with Crippen molar-refractivity contribution in [1.29, 1.82) is 0 Å². The maximum atomic E-state index is 5.94. The summed E-state index contributed by atoms with van der Waals surface area (Å²) in [6.45, 7) is 10.9. The fraction of sp³-hybridized carbons (Fsp3) is 0.438. The number of nitrogens with zero attached hydrogens (tertiary/aromatic N) is 3. The highest BCUT2D eigenvalue weighted by Crippen LogP contribution is 2.25. The maximum Gasteiger partial charge on any atom is 0.193 e. The summed E-state index contributed by atoms with van der Waals surface area (Å²) in [5, 5.41) is 13.4. The van der Waals surface area contributed by atoms with Crippen LogP contribution in [0, 0.1) is 13.8 Å². The lowest BCUT2D eigenvalue weighted by molar-refractivity contribution is 0.577. The van der Waals surface area contributed by atoms with E-state index >= 15 is 0 Å². The van der Waals surface area contributed by atoms with E-state index in [4.69, 9.17) is 5.73 Å². The highest BCUT2D eigenvalue weighted by Gasteiger charge is 2.19. The Labute approximate surface area is 158 Å². The highest BCUT2D eigenvalue weighted by atomic mass is 127. The molecule has 0 spiro atoms. The Morgan fingerprint density at radius 3 is 2.30 bits per heavy atom. The van der Waals surface area contributed by atoms with E-state index in [0.717, 1.165) is 15.7 Å². The van der Waals surface area contributed by atoms with E-state index in [9.17, 15) is 0 Å². The fourth-order valence-electron chi connectivity index (χ4n) is 2.01. The molecule has 0 radical (unpaired) electrons. The second-order valence-corrected chi connectivity index (χ2v) is 7.52. The first-order valence-corrected chi connectivity index (χ1v) is 8.04. The number of halogens is 1. The SMILES string of the molecule is Cc1cc(C)cc(NC(N)=NCc2nnc(C(C)(C)C)s2)c1.I. The van der Waals surface area contributed by atoms with Crippen molar-refractivity contribution in [3.63, 3.8) is 0 Å². The third-order valence-corrected chi connectivity index (χ3v) is 4.32. The number of aromatic nitrogens is 2. The lowest BCUT2D eigenvalue weighted by Crippen LogP contribution is -2.22. The summed E-state index contributed by atoms with van der Waals surface area (Å²) in [5.41, 5.74) is 9.29. The van der Waals surface area contributed by atoms with Crippen LogP contribution in [0.2, 0.25) is 0 Å². The third-order valence-electron chi connectivity index (χ3n) is 2.99. The molecule has 0 aliphatic carbocycles. The number of guanidine groups is 1. The van der Waals surface area contributed by atoms with Gasteiger partial charge >= 0.3 is 0 Å². The number of rotatable bonds is 3. The zero-order chi connectivity index (χ0) is 16.3. The molecule has 2 rings (SSSR count). The molecule has 5 nitrogen and oxygen atoms in total. The van der Waals surface area contributed by atoms with Crippen molar-refractivity contribution in [1.82, 2.24) is 10.2 Å². The number of benzene rings is 1. The molecule has 126 valence electrons. The Kier molecular flexibility index (Phi) is 6.94. The van der Waals surface area contributed by atoms with Crippen molar-refractivity contribution in [2.45, 2.75) is 46.6 Å². The molecular weight excluding hydrogens is 421 g/mol. The lowest BCUT2D eigenvalue weighted by Gasteiger charge is -2.12. The molecule has 1 aromatic carbocycles. The van der Waals surface area contributed by atoms with Crippen LogP contribution in [0.15, 0.2) is 23.2 Å². The van der Waals surface area contributed by atoms with Gasteiger partial charge in [-0.3, -0.25) is 0 Å². The second kappa shape index (κ2) is 8.05. The van der Waals surface area contributed by atoms with E-state index < -0.39 is 0 Å². The molecule has 0 amide bonds. The summed E-state index contributed by atoms with van der Waals surface area (Å²) in [5.74, 6) is 0.387. The van der Waals surface area contributed by atoms with Crippen LogP contribution in [0.5, 0.6) is 0 Å². The first-order valence-electron chi connectivity index (χ1n) is 7.22. The zero-order valence-electron chi connectivity index (χ0n) is 14.2. The molecule has 2 aromatic rings. The number of nitrogens with two attached hydrogens (primary N) is 1. The molecule has 1 aromatic heterocycles. The smallest absolute Gasteiger partial charge is 0.193 e. The molecule has 3 N–H and O–H groups in total. The lowest BCUT2D eigenvalue weighted by atomic mass is 9.98. The predicted molar refractivity (Wildman–Crippen MR) is 109 cm³/mol. The number of anilines is 1. The largest absolute Gasteiger partial charge is 0.370 e. The summed E-state index contributed by atoms with van der Waals surface area (Å²) in [7, 11) is 0. The molecule has 0 unspecified atom stereocenters. The number of aryl methyl sites for hydroxylation is 2. The topological polar surface area (TPSA) is 76.2 Å².